The Bertz CT molecular complexity index is 693. The third-order valence-electron chi connectivity index (χ3n) is 4.75. The van der Waals surface area contributed by atoms with Crippen LogP contribution >= 0.6 is 22.9 Å². The molecule has 0 spiro atoms. The molecule has 0 saturated heterocycles. The molecule has 1 amide bonds. The van der Waals surface area contributed by atoms with Crippen LogP contribution in [0.25, 0.3) is 0 Å². The molecule has 1 aliphatic carbocycles. The Morgan fingerprint density at radius 3 is 2.67 bits per heavy atom. The lowest BCUT2D eigenvalue weighted by atomic mass is 9.79. The van der Waals surface area contributed by atoms with Gasteiger partial charge in [-0.2, -0.15) is 0 Å². The van der Waals surface area contributed by atoms with Gasteiger partial charge in [0.25, 0.3) is 5.91 Å². The van der Waals surface area contributed by atoms with Crippen LogP contribution in [0.5, 0.6) is 0 Å². The molecule has 1 aromatic carbocycles. The van der Waals surface area contributed by atoms with Crippen molar-refractivity contribution >= 4 is 28.8 Å². The van der Waals surface area contributed by atoms with Crippen molar-refractivity contribution in [1.82, 2.24) is 10.3 Å². The molecule has 0 unspecified atom stereocenters. The smallest absolute Gasteiger partial charge is 0.270 e. The van der Waals surface area contributed by atoms with E-state index in [0.29, 0.717) is 25.2 Å². The fraction of sp³-hybridized carbons (Fsp3) is 0.444. The molecule has 0 aliphatic heterocycles. The Morgan fingerprint density at radius 1 is 1.29 bits per heavy atom. The zero-order valence-electron chi connectivity index (χ0n) is 13.6. The zero-order chi connectivity index (χ0) is 17.0. The molecule has 2 aromatic rings. The maximum atomic E-state index is 12.4. The quantitative estimate of drug-likeness (QED) is 0.824. The van der Waals surface area contributed by atoms with Gasteiger partial charge in [0.1, 0.15) is 5.69 Å². The lowest BCUT2D eigenvalue weighted by molar-refractivity contribution is 0.0938. The van der Waals surface area contributed by atoms with Crippen molar-refractivity contribution in [3.8, 4) is 0 Å². The maximum absolute atomic E-state index is 12.4. The van der Waals surface area contributed by atoms with E-state index in [0.717, 1.165) is 22.9 Å². The van der Waals surface area contributed by atoms with Gasteiger partial charge in [-0.05, 0) is 37.1 Å². The third-order valence-corrected chi connectivity index (χ3v) is 5.91. The molecule has 1 saturated carbocycles. The van der Waals surface area contributed by atoms with Gasteiger partial charge in [-0.25, -0.2) is 4.98 Å². The Kier molecular flexibility index (Phi) is 5.54. The average molecular weight is 364 g/mol. The largest absolute Gasteiger partial charge is 0.350 e. The van der Waals surface area contributed by atoms with E-state index in [-0.39, 0.29) is 11.3 Å². The molecule has 0 atom stereocenters. The van der Waals surface area contributed by atoms with Crippen LogP contribution in [-0.2, 0) is 11.8 Å². The number of thiazole rings is 1. The van der Waals surface area contributed by atoms with E-state index in [2.05, 4.69) is 22.4 Å². The number of hydrogen-bond donors (Lipinski definition) is 2. The van der Waals surface area contributed by atoms with Crippen molar-refractivity contribution in [1.29, 1.82) is 0 Å². The Morgan fingerprint density at radius 2 is 2.00 bits per heavy atom. The molecule has 3 rings (SSSR count). The Labute approximate surface area is 151 Å². The molecule has 128 valence electrons. The predicted molar refractivity (Wildman–Crippen MR) is 98.8 cm³/mol. The highest BCUT2D eigenvalue weighted by Crippen LogP contribution is 2.41. The summed E-state index contributed by atoms with van der Waals surface area (Å²) in [5.41, 5.74) is 7.30. The van der Waals surface area contributed by atoms with E-state index < -0.39 is 0 Å². The first-order valence-corrected chi connectivity index (χ1v) is 9.57. The van der Waals surface area contributed by atoms with Crippen LogP contribution in [0.2, 0.25) is 5.02 Å². The topological polar surface area (TPSA) is 68.0 Å². The van der Waals surface area contributed by atoms with E-state index in [1.54, 1.807) is 0 Å². The van der Waals surface area contributed by atoms with Crippen LogP contribution < -0.4 is 11.1 Å². The van der Waals surface area contributed by atoms with E-state index in [1.165, 1.54) is 29.7 Å². The lowest BCUT2D eigenvalue weighted by Crippen LogP contribution is -2.39. The highest BCUT2D eigenvalue weighted by atomic mass is 35.5. The predicted octanol–water partition coefficient (Wildman–Crippen LogP) is 3.54. The Hall–Kier alpha value is -1.43. The van der Waals surface area contributed by atoms with Gasteiger partial charge < -0.3 is 11.1 Å². The van der Waals surface area contributed by atoms with Gasteiger partial charge in [-0.15, -0.1) is 11.3 Å². The van der Waals surface area contributed by atoms with Crippen molar-refractivity contribution < 1.29 is 4.79 Å². The fourth-order valence-corrected chi connectivity index (χ4v) is 4.34. The van der Waals surface area contributed by atoms with E-state index in [1.807, 2.05) is 17.5 Å². The number of nitrogens with two attached hydrogens (primary N) is 1. The highest BCUT2D eigenvalue weighted by Gasteiger charge is 2.36. The summed E-state index contributed by atoms with van der Waals surface area (Å²) in [5, 5.41) is 6.56. The number of aromatic nitrogens is 1. The molecule has 1 aromatic heterocycles. The fourth-order valence-electron chi connectivity index (χ4n) is 3.42. The number of halogens is 1. The number of rotatable bonds is 6. The SMILES string of the molecule is NCCc1nc(C(=O)NCC2(c3ccc(Cl)cc3)CCCC2)cs1. The number of carbonyl (C=O) groups excluding carboxylic acids is 1. The molecule has 3 N–H and O–H groups in total. The van der Waals surface area contributed by atoms with Crippen LogP contribution in [0.15, 0.2) is 29.6 Å². The van der Waals surface area contributed by atoms with Crippen LogP contribution in [0.1, 0.15) is 46.7 Å². The first-order valence-electron chi connectivity index (χ1n) is 8.32. The Balaban J connectivity index is 1.69. The van der Waals surface area contributed by atoms with Gasteiger partial charge in [0.15, 0.2) is 0 Å². The number of nitrogens with one attached hydrogen (secondary N) is 1. The molecule has 24 heavy (non-hydrogen) atoms. The lowest BCUT2D eigenvalue weighted by Gasteiger charge is -2.30. The summed E-state index contributed by atoms with van der Waals surface area (Å²) in [6.45, 7) is 1.19. The van der Waals surface area contributed by atoms with Crippen molar-refractivity contribution in [2.45, 2.75) is 37.5 Å². The number of amides is 1. The molecule has 1 aliphatic rings. The summed E-state index contributed by atoms with van der Waals surface area (Å²) in [6.07, 6.45) is 5.27. The summed E-state index contributed by atoms with van der Waals surface area (Å²) in [4.78, 5) is 16.8. The molecule has 4 nitrogen and oxygen atoms in total. The second kappa shape index (κ2) is 7.64. The van der Waals surface area contributed by atoms with Gasteiger partial charge in [-0.3, -0.25) is 4.79 Å². The van der Waals surface area contributed by atoms with Crippen molar-refractivity contribution in [2.75, 3.05) is 13.1 Å². The van der Waals surface area contributed by atoms with E-state index in [9.17, 15) is 4.79 Å². The van der Waals surface area contributed by atoms with Gasteiger partial charge in [0, 0.05) is 28.8 Å². The van der Waals surface area contributed by atoms with Crippen molar-refractivity contribution in [2.24, 2.45) is 5.73 Å². The van der Waals surface area contributed by atoms with Crippen LogP contribution in [0.3, 0.4) is 0 Å². The highest BCUT2D eigenvalue weighted by molar-refractivity contribution is 7.09. The molecule has 6 heteroatoms. The third kappa shape index (κ3) is 3.79. The maximum Gasteiger partial charge on any atom is 0.270 e. The van der Waals surface area contributed by atoms with Gasteiger partial charge in [-0.1, -0.05) is 36.6 Å². The zero-order valence-corrected chi connectivity index (χ0v) is 15.1. The average Bonchev–Trinajstić information content (AvgIpc) is 3.24. The van der Waals surface area contributed by atoms with Crippen molar-refractivity contribution in [3.05, 3.63) is 50.9 Å². The minimum absolute atomic E-state index is 0.0103. The second-order valence-electron chi connectivity index (χ2n) is 6.34. The molecular weight excluding hydrogens is 342 g/mol. The van der Waals surface area contributed by atoms with Crippen molar-refractivity contribution in [3.63, 3.8) is 0 Å². The van der Waals surface area contributed by atoms with E-state index >= 15 is 0 Å². The molecular formula is C18H22ClN3OS. The van der Waals surface area contributed by atoms with Gasteiger partial charge in [0.05, 0.1) is 5.01 Å². The number of hydrogen-bond acceptors (Lipinski definition) is 4. The molecule has 0 bridgehead atoms. The van der Waals surface area contributed by atoms with Crippen LogP contribution in [-0.4, -0.2) is 24.0 Å². The first-order chi connectivity index (χ1) is 11.6. The van der Waals surface area contributed by atoms with Gasteiger partial charge in [0.2, 0.25) is 0 Å². The summed E-state index contributed by atoms with van der Waals surface area (Å²) < 4.78 is 0. The minimum Gasteiger partial charge on any atom is -0.350 e. The molecule has 1 heterocycles. The summed E-state index contributed by atoms with van der Waals surface area (Å²) in [7, 11) is 0. The number of benzene rings is 1. The number of nitrogens with zero attached hydrogens (tertiary/aromatic N) is 1. The first kappa shape index (κ1) is 17.4. The van der Waals surface area contributed by atoms with Gasteiger partial charge >= 0.3 is 0 Å². The molecule has 1 fully saturated rings. The molecule has 0 radical (unpaired) electrons. The normalized spacial score (nSPS) is 16.2. The minimum atomic E-state index is -0.102. The summed E-state index contributed by atoms with van der Waals surface area (Å²) in [6, 6.07) is 8.03. The summed E-state index contributed by atoms with van der Waals surface area (Å²) in [5.74, 6) is -0.102. The van der Waals surface area contributed by atoms with E-state index in [4.69, 9.17) is 17.3 Å². The summed E-state index contributed by atoms with van der Waals surface area (Å²) >= 11 is 7.50. The second-order valence-corrected chi connectivity index (χ2v) is 7.72. The van der Waals surface area contributed by atoms with Crippen LogP contribution in [0.4, 0.5) is 0 Å². The van der Waals surface area contributed by atoms with Crippen LogP contribution in [0, 0.1) is 0 Å². The monoisotopic (exact) mass is 363 g/mol. The standard InChI is InChI=1S/C18H22ClN3OS/c19-14-5-3-13(4-6-14)18(8-1-2-9-18)12-21-17(23)15-11-24-16(22-15)7-10-20/h3-6,11H,1-2,7-10,12,20H2,(H,21,23). The number of carbonyl (C=O) groups is 1.